The third-order valence-electron chi connectivity index (χ3n) is 4.06. The van der Waals surface area contributed by atoms with E-state index in [4.69, 9.17) is 4.74 Å². The summed E-state index contributed by atoms with van der Waals surface area (Å²) in [7, 11) is -4.24. The van der Waals surface area contributed by atoms with Crippen LogP contribution in [0.1, 0.15) is 58.3 Å². The molecule has 1 aliphatic rings. The maximum Gasteiger partial charge on any atom is 0.318 e. The van der Waals surface area contributed by atoms with Crippen molar-refractivity contribution >= 4 is 21.9 Å². The van der Waals surface area contributed by atoms with Crippen molar-refractivity contribution in [2.24, 2.45) is 0 Å². The fraction of sp³-hybridized carbons (Fsp3) is 0.556. The van der Waals surface area contributed by atoms with Crippen molar-refractivity contribution < 1.29 is 27.0 Å². The third kappa shape index (κ3) is 5.81. The summed E-state index contributed by atoms with van der Waals surface area (Å²) in [5.41, 5.74) is 0. The van der Waals surface area contributed by atoms with Gasteiger partial charge in [-0.25, -0.2) is 0 Å². The van der Waals surface area contributed by atoms with Crippen LogP contribution in [-0.2, 0) is 24.0 Å². The number of hydroxylamine groups is 2. The molecule has 0 bridgehead atoms. The minimum absolute atomic E-state index is 0.0421. The molecule has 1 saturated heterocycles. The predicted molar refractivity (Wildman–Crippen MR) is 94.7 cm³/mol. The van der Waals surface area contributed by atoms with Gasteiger partial charge in [0.15, 0.2) is 0 Å². The summed E-state index contributed by atoms with van der Waals surface area (Å²) in [5, 5.41) is 0.318. The van der Waals surface area contributed by atoms with E-state index in [0.29, 0.717) is 17.4 Å². The molecule has 0 aromatic heterocycles. The van der Waals surface area contributed by atoms with Crippen LogP contribution in [-0.4, -0.2) is 31.9 Å². The minimum Gasteiger partial charge on any atom is -0.494 e. The Hall–Kier alpha value is -1.93. The minimum atomic E-state index is -4.24. The molecular formula is C18H25NO6S. The molecule has 2 rings (SSSR count). The van der Waals surface area contributed by atoms with Crippen molar-refractivity contribution in [1.29, 1.82) is 0 Å². The van der Waals surface area contributed by atoms with Gasteiger partial charge in [0.25, 0.3) is 11.8 Å². The van der Waals surface area contributed by atoms with Gasteiger partial charge in [0.1, 0.15) is 5.75 Å². The molecule has 1 heterocycles. The highest BCUT2D eigenvalue weighted by molar-refractivity contribution is 7.86. The highest BCUT2D eigenvalue weighted by Crippen LogP contribution is 2.22. The number of hydrogen-bond acceptors (Lipinski definition) is 6. The van der Waals surface area contributed by atoms with Gasteiger partial charge >= 0.3 is 10.1 Å². The number of carbonyl (C=O) groups excluding carboxylic acids is 2. The van der Waals surface area contributed by atoms with Gasteiger partial charge in [0.2, 0.25) is 0 Å². The molecule has 0 atom stereocenters. The predicted octanol–water partition coefficient (Wildman–Crippen LogP) is 3.20. The lowest BCUT2D eigenvalue weighted by atomic mass is 10.1. The molecule has 8 heteroatoms. The van der Waals surface area contributed by atoms with E-state index in [1.165, 1.54) is 49.9 Å². The van der Waals surface area contributed by atoms with Crippen LogP contribution in [0.2, 0.25) is 0 Å². The van der Waals surface area contributed by atoms with Crippen LogP contribution in [0.4, 0.5) is 0 Å². The van der Waals surface area contributed by atoms with Gasteiger partial charge in [-0.15, -0.1) is 9.35 Å². The summed E-state index contributed by atoms with van der Waals surface area (Å²) in [6.07, 6.45) is 6.89. The van der Waals surface area contributed by atoms with E-state index < -0.39 is 21.9 Å². The molecule has 1 aromatic carbocycles. The van der Waals surface area contributed by atoms with Crippen LogP contribution in [0.3, 0.4) is 0 Å². The van der Waals surface area contributed by atoms with Crippen LogP contribution < -0.4 is 4.74 Å². The van der Waals surface area contributed by atoms with Crippen LogP contribution >= 0.6 is 0 Å². The van der Waals surface area contributed by atoms with Crippen LogP contribution in [0.25, 0.3) is 0 Å². The largest absolute Gasteiger partial charge is 0.494 e. The lowest BCUT2D eigenvalue weighted by Gasteiger charge is -2.13. The van der Waals surface area contributed by atoms with E-state index in [1.54, 1.807) is 0 Å². The van der Waals surface area contributed by atoms with Crippen molar-refractivity contribution in [3.8, 4) is 5.75 Å². The number of imide groups is 1. The highest BCUT2D eigenvalue weighted by Gasteiger charge is 2.35. The van der Waals surface area contributed by atoms with Crippen molar-refractivity contribution in [1.82, 2.24) is 5.06 Å². The molecule has 0 radical (unpaired) electrons. The normalized spacial score (nSPS) is 14.9. The smallest absolute Gasteiger partial charge is 0.318 e. The average molecular weight is 383 g/mol. The molecule has 0 N–H and O–H groups in total. The molecule has 144 valence electrons. The molecule has 26 heavy (non-hydrogen) atoms. The Morgan fingerprint density at radius 1 is 0.923 bits per heavy atom. The summed E-state index contributed by atoms with van der Waals surface area (Å²) in [4.78, 5) is 22.8. The maximum atomic E-state index is 12.2. The number of benzene rings is 1. The lowest BCUT2D eigenvalue weighted by Crippen LogP contribution is -2.32. The van der Waals surface area contributed by atoms with Crippen LogP contribution in [0.15, 0.2) is 29.2 Å². The zero-order chi connectivity index (χ0) is 19.0. The molecule has 0 saturated carbocycles. The SMILES string of the molecule is CCCCCCCCOc1ccc(S(=O)(=O)ON2C(=O)CCC2=O)cc1. The second-order valence-corrected chi connectivity index (χ2v) is 7.73. The summed E-state index contributed by atoms with van der Waals surface area (Å²) < 4.78 is 34.6. The number of amides is 2. The molecule has 1 fully saturated rings. The van der Waals surface area contributed by atoms with Gasteiger partial charge in [-0.3, -0.25) is 9.59 Å². The van der Waals surface area contributed by atoms with E-state index in [2.05, 4.69) is 11.2 Å². The molecule has 0 unspecified atom stereocenters. The Morgan fingerprint density at radius 2 is 1.50 bits per heavy atom. The summed E-state index contributed by atoms with van der Waals surface area (Å²) in [6, 6.07) is 5.72. The Morgan fingerprint density at radius 3 is 2.12 bits per heavy atom. The summed E-state index contributed by atoms with van der Waals surface area (Å²) >= 11 is 0. The number of ether oxygens (including phenoxy) is 1. The van der Waals surface area contributed by atoms with Crippen molar-refractivity contribution in [3.05, 3.63) is 24.3 Å². The monoisotopic (exact) mass is 383 g/mol. The van der Waals surface area contributed by atoms with Crippen molar-refractivity contribution in [2.45, 2.75) is 63.2 Å². The summed E-state index contributed by atoms with van der Waals surface area (Å²) in [6.45, 7) is 2.75. The molecule has 7 nitrogen and oxygen atoms in total. The van der Waals surface area contributed by atoms with Gasteiger partial charge in [0, 0.05) is 12.8 Å². The first-order valence-electron chi connectivity index (χ1n) is 8.97. The molecule has 1 aromatic rings. The van der Waals surface area contributed by atoms with Gasteiger partial charge in [-0.2, -0.15) is 8.42 Å². The topological polar surface area (TPSA) is 90.0 Å². The number of nitrogens with zero attached hydrogens (tertiary/aromatic N) is 1. The summed E-state index contributed by atoms with van der Waals surface area (Å²) in [5.74, 6) is -0.749. The number of carbonyl (C=O) groups is 2. The first kappa shape index (κ1) is 20.4. The van der Waals surface area contributed by atoms with E-state index in [9.17, 15) is 18.0 Å². The number of unbranched alkanes of at least 4 members (excludes halogenated alkanes) is 5. The standard InChI is InChI=1S/C18H25NO6S/c1-2-3-4-5-6-7-14-24-15-8-10-16(11-9-15)26(22,23)25-19-17(20)12-13-18(19)21/h8-11H,2-7,12-14H2,1H3. The molecule has 1 aliphatic heterocycles. The second kappa shape index (κ2) is 9.68. The van der Waals surface area contributed by atoms with Gasteiger partial charge < -0.3 is 4.74 Å². The molecule has 0 spiro atoms. The fourth-order valence-electron chi connectivity index (χ4n) is 2.56. The molecule has 0 aliphatic carbocycles. The second-order valence-electron chi connectivity index (χ2n) is 6.20. The van der Waals surface area contributed by atoms with E-state index in [0.717, 1.165) is 12.8 Å². The number of hydrogen-bond donors (Lipinski definition) is 0. The molecule has 2 amide bonds. The third-order valence-corrected chi connectivity index (χ3v) is 5.25. The van der Waals surface area contributed by atoms with E-state index in [-0.39, 0.29) is 17.7 Å². The van der Waals surface area contributed by atoms with Gasteiger partial charge in [-0.05, 0) is 30.7 Å². The first-order chi connectivity index (χ1) is 12.4. The molecular weight excluding hydrogens is 358 g/mol. The fourth-order valence-corrected chi connectivity index (χ4v) is 3.47. The van der Waals surface area contributed by atoms with Gasteiger partial charge in [-0.1, -0.05) is 39.0 Å². The van der Waals surface area contributed by atoms with Crippen LogP contribution in [0, 0.1) is 0 Å². The number of rotatable bonds is 11. The Kier molecular flexibility index (Phi) is 7.59. The van der Waals surface area contributed by atoms with E-state index >= 15 is 0 Å². The Labute approximate surface area is 154 Å². The zero-order valence-electron chi connectivity index (χ0n) is 15.0. The maximum absolute atomic E-state index is 12.2. The quantitative estimate of drug-likeness (QED) is 0.431. The van der Waals surface area contributed by atoms with E-state index in [1.807, 2.05) is 0 Å². The van der Waals surface area contributed by atoms with Gasteiger partial charge in [0.05, 0.1) is 11.5 Å². The van der Waals surface area contributed by atoms with Crippen molar-refractivity contribution in [2.75, 3.05) is 6.61 Å². The Bertz CT molecular complexity index is 698. The lowest BCUT2D eigenvalue weighted by molar-refractivity contribution is -0.163. The van der Waals surface area contributed by atoms with Crippen LogP contribution in [0.5, 0.6) is 5.75 Å². The van der Waals surface area contributed by atoms with Crippen molar-refractivity contribution in [3.63, 3.8) is 0 Å². The average Bonchev–Trinajstić information content (AvgIpc) is 2.93. The zero-order valence-corrected chi connectivity index (χ0v) is 15.8. The first-order valence-corrected chi connectivity index (χ1v) is 10.4. The Balaban J connectivity index is 1.82. The highest BCUT2D eigenvalue weighted by atomic mass is 32.2.